The molecule has 25 heavy (non-hydrogen) atoms. The third-order valence-corrected chi connectivity index (χ3v) is 3.30. The van der Waals surface area contributed by atoms with Crippen LogP contribution in [0.2, 0.25) is 0 Å². The van der Waals surface area contributed by atoms with Crippen molar-refractivity contribution in [2.45, 2.75) is 78.6 Å². The van der Waals surface area contributed by atoms with Gasteiger partial charge >= 0.3 is 12.1 Å². The van der Waals surface area contributed by atoms with Gasteiger partial charge < -0.3 is 14.8 Å². The number of hydrogen-bond donors (Lipinski definition) is 1. The number of esters is 1. The van der Waals surface area contributed by atoms with Crippen molar-refractivity contribution in [3.8, 4) is 0 Å². The van der Waals surface area contributed by atoms with Crippen molar-refractivity contribution in [3.05, 3.63) is 35.4 Å². The highest BCUT2D eigenvalue weighted by Crippen LogP contribution is 2.21. The van der Waals surface area contributed by atoms with E-state index in [1.165, 1.54) is 0 Å². The zero-order chi connectivity index (χ0) is 19.5. The van der Waals surface area contributed by atoms with Crippen molar-refractivity contribution in [3.63, 3.8) is 0 Å². The number of carbonyl (C=O) groups is 2. The first-order chi connectivity index (χ1) is 11.2. The van der Waals surface area contributed by atoms with Gasteiger partial charge in [0.1, 0.15) is 16.7 Å². The Morgan fingerprint density at radius 3 is 1.80 bits per heavy atom. The number of alkyl carbamates (subject to hydrolysis) is 1. The molecule has 0 unspecified atom stereocenters. The van der Waals surface area contributed by atoms with Gasteiger partial charge in [-0.25, -0.2) is 9.59 Å². The zero-order valence-electron chi connectivity index (χ0n) is 16.6. The highest BCUT2D eigenvalue weighted by molar-refractivity contribution is 5.86. The molecule has 0 aromatic heterocycles. The van der Waals surface area contributed by atoms with Crippen molar-refractivity contribution in [2.24, 2.45) is 0 Å². The molecule has 1 aromatic rings. The normalized spacial score (nSPS) is 14.4. The van der Waals surface area contributed by atoms with Crippen molar-refractivity contribution >= 4 is 12.1 Å². The minimum absolute atomic E-state index is 0.307. The molecule has 0 fully saturated rings. The smallest absolute Gasteiger partial charge is 0.408 e. The largest absolute Gasteiger partial charge is 0.458 e. The van der Waals surface area contributed by atoms with E-state index in [1.54, 1.807) is 48.5 Å². The van der Waals surface area contributed by atoms with Crippen LogP contribution in [0.5, 0.6) is 0 Å². The lowest BCUT2D eigenvalue weighted by Gasteiger charge is -2.33. The Morgan fingerprint density at radius 1 is 0.880 bits per heavy atom. The number of aryl methyl sites for hydroxylation is 1. The van der Waals surface area contributed by atoms with Crippen LogP contribution in [0.25, 0.3) is 0 Å². The molecule has 0 heterocycles. The monoisotopic (exact) mass is 349 g/mol. The van der Waals surface area contributed by atoms with Gasteiger partial charge in [0.2, 0.25) is 0 Å². The van der Waals surface area contributed by atoms with Gasteiger partial charge in [-0.15, -0.1) is 0 Å². The van der Waals surface area contributed by atoms with Crippen LogP contribution in [-0.4, -0.2) is 28.8 Å². The molecule has 1 aromatic carbocycles. The summed E-state index contributed by atoms with van der Waals surface area (Å²) >= 11 is 0. The number of hydrogen-bond acceptors (Lipinski definition) is 4. The highest BCUT2D eigenvalue weighted by atomic mass is 16.6. The Labute approximate surface area is 151 Å². The Balaban J connectivity index is 3.05. The fourth-order valence-corrected chi connectivity index (χ4v) is 2.20. The van der Waals surface area contributed by atoms with Gasteiger partial charge in [-0.2, -0.15) is 0 Å². The lowest BCUT2D eigenvalue weighted by molar-refractivity contribution is -0.162. The molecule has 1 atom stereocenters. The van der Waals surface area contributed by atoms with E-state index >= 15 is 0 Å². The first-order valence-corrected chi connectivity index (χ1v) is 8.50. The number of ether oxygens (including phenoxy) is 2. The molecule has 0 aliphatic carbocycles. The Bertz CT molecular complexity index is 608. The van der Waals surface area contributed by atoms with Crippen LogP contribution in [0.15, 0.2) is 24.3 Å². The molecule has 0 aliphatic rings. The molecule has 0 bridgehead atoms. The molecule has 1 rings (SSSR count). The van der Waals surface area contributed by atoms with Gasteiger partial charge in [0.15, 0.2) is 0 Å². The summed E-state index contributed by atoms with van der Waals surface area (Å²) in [4.78, 5) is 25.0. The molecule has 0 aliphatic heterocycles. The summed E-state index contributed by atoms with van der Waals surface area (Å²) in [5.41, 5.74) is -0.479. The molecule has 0 radical (unpaired) electrons. The molecular weight excluding hydrogens is 318 g/mol. The van der Waals surface area contributed by atoms with Crippen LogP contribution in [-0.2, 0) is 20.7 Å². The van der Waals surface area contributed by atoms with E-state index in [9.17, 15) is 9.59 Å². The molecule has 140 valence electrons. The van der Waals surface area contributed by atoms with E-state index in [0.717, 1.165) is 11.1 Å². The summed E-state index contributed by atoms with van der Waals surface area (Å²) in [5, 5.41) is 2.70. The van der Waals surface area contributed by atoms with Gasteiger partial charge in [-0.3, -0.25) is 0 Å². The predicted octanol–water partition coefficient (Wildman–Crippen LogP) is 4.16. The van der Waals surface area contributed by atoms with Crippen LogP contribution >= 0.6 is 0 Å². The second-order valence-electron chi connectivity index (χ2n) is 8.62. The zero-order valence-corrected chi connectivity index (χ0v) is 16.6. The topological polar surface area (TPSA) is 64.6 Å². The number of benzene rings is 1. The number of nitrogens with one attached hydrogen (secondary N) is 1. The Hall–Kier alpha value is -2.04. The Morgan fingerprint density at radius 2 is 1.36 bits per heavy atom. The first-order valence-electron chi connectivity index (χ1n) is 8.50. The fraction of sp³-hybridized carbons (Fsp3) is 0.600. The standard InChI is InChI=1S/C20H31NO4/c1-14-9-11-15(12-10-14)13-20(8,16(22)24-18(2,3)4)21-17(23)25-19(5,6)7/h9-12H,13H2,1-8H3,(H,21,23)/t20-/m1/s1. The molecular formula is C20H31NO4. The lowest BCUT2D eigenvalue weighted by Crippen LogP contribution is -2.56. The second kappa shape index (κ2) is 7.46. The minimum atomic E-state index is -1.23. The lowest BCUT2D eigenvalue weighted by atomic mass is 9.92. The van der Waals surface area contributed by atoms with Crippen molar-refractivity contribution in [1.29, 1.82) is 0 Å². The maximum atomic E-state index is 12.8. The van der Waals surface area contributed by atoms with Crippen LogP contribution in [0.1, 0.15) is 59.6 Å². The summed E-state index contributed by atoms with van der Waals surface area (Å²) < 4.78 is 10.8. The quantitative estimate of drug-likeness (QED) is 0.829. The number of carbonyl (C=O) groups excluding carboxylic acids is 2. The molecule has 5 heteroatoms. The predicted molar refractivity (Wildman–Crippen MR) is 98.5 cm³/mol. The van der Waals surface area contributed by atoms with E-state index in [0.29, 0.717) is 6.42 Å². The third-order valence-electron chi connectivity index (χ3n) is 3.30. The molecule has 0 spiro atoms. The van der Waals surface area contributed by atoms with Crippen LogP contribution in [0.3, 0.4) is 0 Å². The van der Waals surface area contributed by atoms with E-state index in [2.05, 4.69) is 5.32 Å². The SMILES string of the molecule is Cc1ccc(C[C@@](C)(NC(=O)OC(C)(C)C)C(=O)OC(C)(C)C)cc1. The van der Waals surface area contributed by atoms with Gasteiger partial charge in [-0.1, -0.05) is 29.8 Å². The van der Waals surface area contributed by atoms with Crippen molar-refractivity contribution in [1.82, 2.24) is 5.32 Å². The van der Waals surface area contributed by atoms with E-state index in [4.69, 9.17) is 9.47 Å². The van der Waals surface area contributed by atoms with Crippen LogP contribution in [0.4, 0.5) is 4.79 Å². The average Bonchev–Trinajstić information content (AvgIpc) is 2.37. The summed E-state index contributed by atoms with van der Waals surface area (Å²) in [6.07, 6.45) is -0.338. The summed E-state index contributed by atoms with van der Waals surface area (Å²) in [7, 11) is 0. The maximum absolute atomic E-state index is 12.8. The summed E-state index contributed by atoms with van der Waals surface area (Å²) in [6, 6.07) is 7.82. The van der Waals surface area contributed by atoms with Gasteiger partial charge in [-0.05, 0) is 61.0 Å². The van der Waals surface area contributed by atoms with Crippen LogP contribution < -0.4 is 5.32 Å². The Kier molecular flexibility index (Phi) is 6.27. The van der Waals surface area contributed by atoms with Gasteiger partial charge in [0.25, 0.3) is 0 Å². The molecule has 0 saturated heterocycles. The van der Waals surface area contributed by atoms with Crippen molar-refractivity contribution < 1.29 is 19.1 Å². The van der Waals surface area contributed by atoms with E-state index in [1.807, 2.05) is 31.2 Å². The van der Waals surface area contributed by atoms with Gasteiger partial charge in [0, 0.05) is 6.42 Å². The highest BCUT2D eigenvalue weighted by Gasteiger charge is 2.40. The summed E-state index contributed by atoms with van der Waals surface area (Å²) in [5.74, 6) is -0.494. The summed E-state index contributed by atoms with van der Waals surface area (Å²) in [6.45, 7) is 14.4. The van der Waals surface area contributed by atoms with E-state index in [-0.39, 0.29) is 0 Å². The van der Waals surface area contributed by atoms with Gasteiger partial charge in [0.05, 0.1) is 0 Å². The van der Waals surface area contributed by atoms with Crippen molar-refractivity contribution in [2.75, 3.05) is 0 Å². The average molecular weight is 349 g/mol. The minimum Gasteiger partial charge on any atom is -0.458 e. The fourth-order valence-electron chi connectivity index (χ4n) is 2.20. The van der Waals surface area contributed by atoms with Crippen LogP contribution in [0, 0.1) is 6.92 Å². The van der Waals surface area contributed by atoms with E-state index < -0.39 is 28.8 Å². The third kappa shape index (κ3) is 7.59. The second-order valence-corrected chi connectivity index (χ2v) is 8.62. The molecule has 5 nitrogen and oxygen atoms in total. The number of rotatable bonds is 4. The molecule has 1 amide bonds. The molecule has 1 N–H and O–H groups in total. The maximum Gasteiger partial charge on any atom is 0.408 e. The molecule has 0 saturated carbocycles. The first kappa shape index (κ1) is 21.0. The number of amides is 1.